The summed E-state index contributed by atoms with van der Waals surface area (Å²) in [6.07, 6.45) is 1.75. The number of nitrogens with one attached hydrogen (secondary N) is 1. The zero-order valence-electron chi connectivity index (χ0n) is 15.7. The van der Waals surface area contributed by atoms with Crippen LogP contribution in [0.3, 0.4) is 0 Å². The number of carbonyl (C=O) groups excluding carboxylic acids is 1. The maximum atomic E-state index is 12.4. The molecule has 4 rings (SSSR count). The second kappa shape index (κ2) is 7.86. The summed E-state index contributed by atoms with van der Waals surface area (Å²) in [5, 5.41) is 9.51. The minimum absolute atomic E-state index is 0.0332. The van der Waals surface area contributed by atoms with Crippen molar-refractivity contribution in [1.82, 2.24) is 19.7 Å². The number of hydrogen-bond donors (Lipinski definition) is 1. The van der Waals surface area contributed by atoms with Gasteiger partial charge in [-0.3, -0.25) is 9.36 Å². The summed E-state index contributed by atoms with van der Waals surface area (Å²) in [7, 11) is 0. The van der Waals surface area contributed by atoms with Crippen LogP contribution in [0, 0.1) is 13.8 Å². The molecule has 6 heteroatoms. The first kappa shape index (κ1) is 18.3. The van der Waals surface area contributed by atoms with Crippen molar-refractivity contribution in [2.75, 3.05) is 5.75 Å². The molecule has 0 spiro atoms. The van der Waals surface area contributed by atoms with Gasteiger partial charge in [0.05, 0.1) is 17.1 Å². The van der Waals surface area contributed by atoms with Gasteiger partial charge >= 0.3 is 0 Å². The lowest BCUT2D eigenvalue weighted by molar-refractivity contribution is 0.101. The minimum atomic E-state index is 0.0332. The number of benzene rings is 2. The van der Waals surface area contributed by atoms with E-state index in [2.05, 4.69) is 47.2 Å². The Labute approximate surface area is 167 Å². The fourth-order valence-electron chi connectivity index (χ4n) is 2.95. The van der Waals surface area contributed by atoms with E-state index in [1.54, 1.807) is 12.3 Å². The van der Waals surface area contributed by atoms with Crippen LogP contribution in [0.2, 0.25) is 0 Å². The summed E-state index contributed by atoms with van der Waals surface area (Å²) in [6, 6.07) is 19.9. The van der Waals surface area contributed by atoms with E-state index in [0.29, 0.717) is 10.9 Å². The summed E-state index contributed by atoms with van der Waals surface area (Å²) in [5.74, 6) is 1.09. The Kier molecular flexibility index (Phi) is 5.12. The van der Waals surface area contributed by atoms with Gasteiger partial charge in [0.2, 0.25) is 0 Å². The minimum Gasteiger partial charge on any atom is -0.359 e. The third-order valence-corrected chi connectivity index (χ3v) is 5.57. The average Bonchev–Trinajstić information content (AvgIpc) is 3.39. The van der Waals surface area contributed by atoms with E-state index in [1.807, 2.05) is 41.0 Å². The standard InChI is InChI=1S/C22H20N4OS/c1-15-10-11-18(13-16(15)2)26-21(17-7-4-3-5-8-17)24-25-22(26)28-14-20(27)19-9-6-12-23-19/h3-13,23H,14H2,1-2H3. The van der Waals surface area contributed by atoms with Gasteiger partial charge in [0, 0.05) is 11.8 Å². The van der Waals surface area contributed by atoms with Crippen molar-refractivity contribution < 1.29 is 4.79 Å². The highest BCUT2D eigenvalue weighted by molar-refractivity contribution is 7.99. The van der Waals surface area contributed by atoms with E-state index in [4.69, 9.17) is 0 Å². The molecule has 0 saturated heterocycles. The van der Waals surface area contributed by atoms with Crippen LogP contribution in [-0.2, 0) is 0 Å². The molecule has 2 heterocycles. The molecule has 0 aliphatic carbocycles. The first-order valence-electron chi connectivity index (χ1n) is 9.01. The predicted molar refractivity (Wildman–Crippen MR) is 112 cm³/mol. The first-order valence-corrected chi connectivity index (χ1v) is 10.00. The number of ketones is 1. The Morgan fingerprint density at radius 3 is 2.54 bits per heavy atom. The van der Waals surface area contributed by atoms with Crippen LogP contribution in [0.5, 0.6) is 0 Å². The van der Waals surface area contributed by atoms with Crippen molar-refractivity contribution in [2.45, 2.75) is 19.0 Å². The Bertz CT molecular complexity index is 1100. The second-order valence-electron chi connectivity index (χ2n) is 6.57. The van der Waals surface area contributed by atoms with Crippen LogP contribution >= 0.6 is 11.8 Å². The fourth-order valence-corrected chi connectivity index (χ4v) is 3.78. The second-order valence-corrected chi connectivity index (χ2v) is 7.51. The van der Waals surface area contributed by atoms with Gasteiger partial charge in [0.25, 0.3) is 0 Å². The van der Waals surface area contributed by atoms with Gasteiger partial charge in [-0.1, -0.05) is 48.2 Å². The third kappa shape index (κ3) is 3.64. The number of Topliss-reactive ketones (excluding diaryl/α,β-unsaturated/α-hetero) is 1. The van der Waals surface area contributed by atoms with Gasteiger partial charge in [-0.2, -0.15) is 0 Å². The van der Waals surface area contributed by atoms with E-state index >= 15 is 0 Å². The molecule has 0 unspecified atom stereocenters. The first-order chi connectivity index (χ1) is 13.6. The molecule has 0 fully saturated rings. The van der Waals surface area contributed by atoms with Crippen molar-refractivity contribution in [3.05, 3.63) is 83.7 Å². The Morgan fingerprint density at radius 2 is 1.82 bits per heavy atom. The highest BCUT2D eigenvalue weighted by atomic mass is 32.2. The number of carbonyl (C=O) groups is 1. The molecule has 4 aromatic rings. The predicted octanol–water partition coefficient (Wildman–Crippen LogP) is 4.85. The molecular formula is C22H20N4OS. The molecule has 0 amide bonds. The number of nitrogens with zero attached hydrogens (tertiary/aromatic N) is 3. The number of aryl methyl sites for hydroxylation is 2. The highest BCUT2D eigenvalue weighted by Gasteiger charge is 2.18. The van der Waals surface area contributed by atoms with Crippen LogP contribution in [0.1, 0.15) is 21.6 Å². The fraction of sp³-hybridized carbons (Fsp3) is 0.136. The molecule has 2 aromatic carbocycles. The lowest BCUT2D eigenvalue weighted by atomic mass is 10.1. The van der Waals surface area contributed by atoms with Gasteiger partial charge in [-0.05, 0) is 49.2 Å². The van der Waals surface area contributed by atoms with Crippen LogP contribution < -0.4 is 0 Å². The quantitative estimate of drug-likeness (QED) is 0.379. The summed E-state index contributed by atoms with van der Waals surface area (Å²) < 4.78 is 2.02. The Hall–Kier alpha value is -3.12. The molecule has 140 valence electrons. The lowest BCUT2D eigenvalue weighted by Crippen LogP contribution is -2.05. The molecule has 0 bridgehead atoms. The summed E-state index contributed by atoms with van der Waals surface area (Å²) in [5.41, 5.74) is 5.00. The molecule has 1 N–H and O–H groups in total. The third-order valence-electron chi connectivity index (χ3n) is 4.64. The number of rotatable bonds is 6. The zero-order valence-corrected chi connectivity index (χ0v) is 16.5. The van der Waals surface area contributed by atoms with Gasteiger partial charge in [0.1, 0.15) is 0 Å². The number of H-pyrrole nitrogens is 1. The van der Waals surface area contributed by atoms with Crippen LogP contribution in [0.15, 0.2) is 72.0 Å². The molecule has 0 aliphatic heterocycles. The van der Waals surface area contributed by atoms with Crippen LogP contribution in [0.25, 0.3) is 17.1 Å². The Balaban J connectivity index is 1.73. The highest BCUT2D eigenvalue weighted by Crippen LogP contribution is 2.29. The van der Waals surface area contributed by atoms with Crippen molar-refractivity contribution in [3.8, 4) is 17.1 Å². The molecule has 0 aliphatic rings. The topological polar surface area (TPSA) is 63.6 Å². The van der Waals surface area contributed by atoms with Gasteiger partial charge in [-0.15, -0.1) is 10.2 Å². The van der Waals surface area contributed by atoms with E-state index in [9.17, 15) is 4.79 Å². The van der Waals surface area contributed by atoms with Gasteiger partial charge in [-0.25, -0.2) is 0 Å². The molecular weight excluding hydrogens is 368 g/mol. The van der Waals surface area contributed by atoms with Gasteiger partial charge in [0.15, 0.2) is 16.8 Å². The smallest absolute Gasteiger partial charge is 0.196 e. The van der Waals surface area contributed by atoms with Crippen molar-refractivity contribution >= 4 is 17.5 Å². The molecule has 0 radical (unpaired) electrons. The summed E-state index contributed by atoms with van der Waals surface area (Å²) in [4.78, 5) is 15.4. The molecule has 28 heavy (non-hydrogen) atoms. The molecule has 2 aromatic heterocycles. The largest absolute Gasteiger partial charge is 0.359 e. The monoisotopic (exact) mass is 388 g/mol. The summed E-state index contributed by atoms with van der Waals surface area (Å²) >= 11 is 1.39. The number of hydrogen-bond acceptors (Lipinski definition) is 4. The van der Waals surface area contributed by atoms with Crippen molar-refractivity contribution in [3.63, 3.8) is 0 Å². The van der Waals surface area contributed by atoms with E-state index in [-0.39, 0.29) is 11.5 Å². The maximum absolute atomic E-state index is 12.4. The normalized spacial score (nSPS) is 10.9. The van der Waals surface area contributed by atoms with Gasteiger partial charge < -0.3 is 4.98 Å². The average molecular weight is 388 g/mol. The maximum Gasteiger partial charge on any atom is 0.196 e. The number of aromatic nitrogens is 4. The summed E-state index contributed by atoms with van der Waals surface area (Å²) in [6.45, 7) is 4.18. The van der Waals surface area contributed by atoms with E-state index < -0.39 is 0 Å². The van der Waals surface area contributed by atoms with E-state index in [0.717, 1.165) is 17.1 Å². The number of thioether (sulfide) groups is 1. The Morgan fingerprint density at radius 1 is 1.00 bits per heavy atom. The molecule has 0 saturated carbocycles. The van der Waals surface area contributed by atoms with E-state index in [1.165, 1.54) is 22.9 Å². The van der Waals surface area contributed by atoms with Crippen LogP contribution in [0.4, 0.5) is 0 Å². The zero-order chi connectivity index (χ0) is 19.5. The number of aromatic amines is 1. The van der Waals surface area contributed by atoms with Crippen LogP contribution in [-0.4, -0.2) is 31.3 Å². The molecule has 0 atom stereocenters. The van der Waals surface area contributed by atoms with Crippen molar-refractivity contribution in [1.29, 1.82) is 0 Å². The van der Waals surface area contributed by atoms with Crippen molar-refractivity contribution in [2.24, 2.45) is 0 Å². The molecule has 5 nitrogen and oxygen atoms in total. The lowest BCUT2D eigenvalue weighted by Gasteiger charge is -2.12. The SMILES string of the molecule is Cc1ccc(-n2c(SCC(=O)c3ccc[nH]3)nnc2-c2ccccc2)cc1C.